The van der Waals surface area contributed by atoms with E-state index in [1.165, 1.54) is 0 Å². The zero-order valence-corrected chi connectivity index (χ0v) is 16.3. The molecule has 0 amide bonds. The molecule has 0 saturated heterocycles. The molecule has 0 spiro atoms. The summed E-state index contributed by atoms with van der Waals surface area (Å²) in [5.74, 6) is 0. The zero-order valence-electron chi connectivity index (χ0n) is 11.8. The van der Waals surface area contributed by atoms with Gasteiger partial charge in [-0.25, -0.2) is 0 Å². The van der Waals surface area contributed by atoms with E-state index in [0.29, 0.717) is 5.71 Å². The standard InChI is InChI=1S/C15H15N3OS.ClH.Zn/c16-15(20)18-17-13(11-7-3-1-4-8-11)14(19)12-9-5-2-6-10-12;;/h1-10,14,19H,(H3,16,18,20);1H;/q;;+2/p-2/b17-13+;;. The fourth-order valence-electron chi connectivity index (χ4n) is 1.78. The van der Waals surface area contributed by atoms with Gasteiger partial charge in [0.1, 0.15) is 11.8 Å². The number of halogens is 1. The van der Waals surface area contributed by atoms with E-state index in [0.717, 1.165) is 28.4 Å². The molecule has 0 aromatic heterocycles. The van der Waals surface area contributed by atoms with Crippen LogP contribution in [0.1, 0.15) is 17.2 Å². The van der Waals surface area contributed by atoms with Crippen LogP contribution in [0.4, 0.5) is 0 Å². The Hall–Kier alpha value is -1.33. The number of nitrogens with zero attached hydrogens (tertiary/aromatic N) is 2. The van der Waals surface area contributed by atoms with Gasteiger partial charge in [-0.3, -0.25) is 0 Å². The van der Waals surface area contributed by atoms with Crippen molar-refractivity contribution >= 4 is 33.2 Å². The van der Waals surface area contributed by atoms with Crippen molar-refractivity contribution in [2.75, 3.05) is 0 Å². The van der Waals surface area contributed by atoms with E-state index in [1.807, 2.05) is 60.7 Å². The Morgan fingerprint density at radius 1 is 1.00 bits per heavy atom. The Morgan fingerprint density at radius 2 is 1.50 bits per heavy atom. The second-order valence-corrected chi connectivity index (χ2v) is 4.52. The van der Waals surface area contributed by atoms with Crippen LogP contribution in [0.2, 0.25) is 0 Å². The van der Waals surface area contributed by atoms with Crippen LogP contribution in [-0.4, -0.2) is 16.0 Å². The Labute approximate surface area is 149 Å². The average molecular weight is 385 g/mol. The Balaban J connectivity index is 0.00000116. The van der Waals surface area contributed by atoms with Crippen LogP contribution in [-0.2, 0) is 29.9 Å². The molecular weight excluding hydrogens is 371 g/mol. The van der Waals surface area contributed by atoms with Gasteiger partial charge in [-0.05, 0) is 10.7 Å². The summed E-state index contributed by atoms with van der Waals surface area (Å²) in [5.41, 5.74) is 7.24. The minimum absolute atomic E-state index is 0.0707. The first-order chi connectivity index (χ1) is 10.7. The van der Waals surface area contributed by atoms with Crippen LogP contribution in [0.5, 0.6) is 0 Å². The third-order valence-corrected chi connectivity index (χ3v) is 2.78. The first-order valence-corrected chi connectivity index (χ1v) is 10.6. The Bertz CT molecular complexity index is 619. The summed E-state index contributed by atoms with van der Waals surface area (Å²) in [6.07, 6.45) is -0.892. The van der Waals surface area contributed by atoms with E-state index in [9.17, 15) is 5.11 Å². The fourth-order valence-corrected chi connectivity index (χ4v) is 1.82. The van der Waals surface area contributed by atoms with Gasteiger partial charge in [0.05, 0.1) is 0 Å². The molecule has 0 radical (unpaired) electrons. The Kier molecular flexibility index (Phi) is 8.86. The normalized spacial score (nSPS) is 13.1. The summed E-state index contributed by atoms with van der Waals surface area (Å²) >= 11 is 5.54. The second-order valence-electron chi connectivity index (χ2n) is 4.10. The van der Waals surface area contributed by atoms with Gasteiger partial charge in [0.15, 0.2) is 0 Å². The van der Waals surface area contributed by atoms with Gasteiger partial charge in [0.2, 0.25) is 0 Å². The monoisotopic (exact) mass is 383 g/mol. The number of hydrogen-bond donors (Lipinski definition) is 2. The summed E-state index contributed by atoms with van der Waals surface area (Å²) in [4.78, 5) is 0. The molecule has 2 rings (SSSR count). The predicted molar refractivity (Wildman–Crippen MR) is 89.2 cm³/mol. The van der Waals surface area contributed by atoms with Crippen LogP contribution < -0.4 is 5.73 Å². The Morgan fingerprint density at radius 3 is 2.00 bits per heavy atom. The first kappa shape index (κ1) is 18.7. The van der Waals surface area contributed by atoms with Gasteiger partial charge < -0.3 is 23.5 Å². The predicted octanol–water partition coefficient (Wildman–Crippen LogP) is 2.67. The zero-order chi connectivity index (χ0) is 16.4. The molecular formula is C15H14ClN3OSZn. The summed E-state index contributed by atoms with van der Waals surface area (Å²) in [6.45, 7) is 0. The van der Waals surface area contributed by atoms with E-state index < -0.39 is 6.10 Å². The van der Waals surface area contributed by atoms with Crippen molar-refractivity contribution in [2.24, 2.45) is 15.9 Å². The van der Waals surface area contributed by atoms with Gasteiger partial charge in [-0.2, -0.15) is 10.2 Å². The van der Waals surface area contributed by atoms with Gasteiger partial charge in [-0.15, -0.1) is 0 Å². The van der Waals surface area contributed by atoms with Gasteiger partial charge in [0, 0.05) is 5.56 Å². The van der Waals surface area contributed by atoms with E-state index in [4.69, 9.17) is 15.4 Å². The van der Waals surface area contributed by atoms with Crippen molar-refractivity contribution in [3.63, 3.8) is 0 Å². The van der Waals surface area contributed by atoms with Gasteiger partial charge in [0.25, 0.3) is 0 Å². The van der Waals surface area contributed by atoms with Gasteiger partial charge in [-0.1, -0.05) is 60.7 Å². The van der Waals surface area contributed by atoms with Crippen molar-refractivity contribution in [3.05, 3.63) is 71.8 Å². The van der Waals surface area contributed by atoms with E-state index in [2.05, 4.69) is 22.8 Å². The number of aliphatic hydroxyl groups is 1. The molecule has 7 heteroatoms. The number of rotatable bonds is 4. The molecule has 0 bridgehead atoms. The van der Waals surface area contributed by atoms with E-state index >= 15 is 0 Å². The van der Waals surface area contributed by atoms with Crippen molar-refractivity contribution in [3.8, 4) is 0 Å². The molecule has 0 aliphatic rings. The number of hydrogen-bond acceptors (Lipinski definition) is 4. The number of aliphatic hydroxyl groups excluding tert-OH is 1. The molecule has 0 saturated carbocycles. The van der Waals surface area contributed by atoms with Crippen molar-refractivity contribution < 1.29 is 22.4 Å². The summed E-state index contributed by atoms with van der Waals surface area (Å²) in [7, 11) is 4.76. The molecule has 2 aromatic carbocycles. The number of amidine groups is 1. The van der Waals surface area contributed by atoms with Gasteiger partial charge >= 0.3 is 27.0 Å². The fraction of sp³-hybridized carbons (Fsp3) is 0.0667. The number of benzene rings is 2. The average Bonchev–Trinajstić information content (AvgIpc) is 2.58. The quantitative estimate of drug-likeness (QED) is 0.280. The molecule has 2 aromatic rings. The molecule has 0 aliphatic carbocycles. The molecule has 0 aliphatic heterocycles. The molecule has 0 fully saturated rings. The van der Waals surface area contributed by atoms with Crippen LogP contribution in [0.3, 0.4) is 0 Å². The maximum absolute atomic E-state index is 10.5. The van der Waals surface area contributed by atoms with Crippen LogP contribution in [0, 0.1) is 0 Å². The summed E-state index contributed by atoms with van der Waals surface area (Å²) in [6, 6.07) is 18.5. The molecule has 4 nitrogen and oxygen atoms in total. The molecule has 110 valence electrons. The van der Waals surface area contributed by atoms with Crippen molar-refractivity contribution in [1.82, 2.24) is 0 Å². The second kappa shape index (κ2) is 10.4. The topological polar surface area (TPSA) is 71.0 Å². The van der Waals surface area contributed by atoms with Crippen LogP contribution in [0.15, 0.2) is 70.9 Å². The van der Waals surface area contributed by atoms with Crippen LogP contribution >= 0.6 is 9.69 Å². The summed E-state index contributed by atoms with van der Waals surface area (Å²) < 4.78 is 0. The van der Waals surface area contributed by atoms with E-state index in [-0.39, 0.29) is 5.17 Å². The number of nitrogens with two attached hydrogens (primary N) is 1. The maximum atomic E-state index is 10.5. The molecule has 1 unspecified atom stereocenters. The molecule has 1 atom stereocenters. The molecule has 0 heterocycles. The first-order valence-electron chi connectivity index (χ1n) is 6.31. The molecule has 22 heavy (non-hydrogen) atoms. The van der Waals surface area contributed by atoms with Crippen molar-refractivity contribution in [1.29, 1.82) is 0 Å². The molecule has 3 N–H and O–H groups in total. The minimum atomic E-state index is -0.892. The SMILES string of the molecule is N/C([S-])=N/N=C(\c1ccccc1)C(O)c1ccccc1.[Cl][Zn+]. The van der Waals surface area contributed by atoms with Crippen molar-refractivity contribution in [2.45, 2.75) is 6.10 Å². The third kappa shape index (κ3) is 5.81. The van der Waals surface area contributed by atoms with E-state index in [1.54, 1.807) is 0 Å². The third-order valence-electron chi connectivity index (χ3n) is 2.70. The van der Waals surface area contributed by atoms with Crippen LogP contribution in [0.25, 0.3) is 0 Å². The summed E-state index contributed by atoms with van der Waals surface area (Å²) in [5, 5.41) is 18.1.